The fraction of sp³-hybridized carbons (Fsp3) is 0.412. The summed E-state index contributed by atoms with van der Waals surface area (Å²) in [6.45, 7) is 1.01. The molecule has 1 aromatic carbocycles. The van der Waals surface area contributed by atoms with Gasteiger partial charge in [0, 0.05) is 24.6 Å². The molecule has 2 aliphatic rings. The lowest BCUT2D eigenvalue weighted by molar-refractivity contribution is 0.171. The van der Waals surface area contributed by atoms with Crippen molar-refractivity contribution in [1.82, 2.24) is 5.32 Å². The van der Waals surface area contributed by atoms with E-state index in [0.717, 1.165) is 48.6 Å². The SMILES string of the molecule is COc1cc(CNC2CCCc3occc32)cc2c1OCO2. The van der Waals surface area contributed by atoms with Crippen molar-refractivity contribution in [3.8, 4) is 17.2 Å². The number of furan rings is 1. The maximum atomic E-state index is 5.54. The number of aryl methyl sites for hydroxylation is 1. The van der Waals surface area contributed by atoms with Crippen LogP contribution in [0.25, 0.3) is 0 Å². The van der Waals surface area contributed by atoms with E-state index in [-0.39, 0.29) is 6.79 Å². The molecular formula is C17H19NO4. The van der Waals surface area contributed by atoms with Crippen molar-refractivity contribution in [3.05, 3.63) is 41.3 Å². The second-order valence-corrected chi connectivity index (χ2v) is 5.66. The summed E-state index contributed by atoms with van der Waals surface area (Å²) in [7, 11) is 1.65. The van der Waals surface area contributed by atoms with Crippen molar-refractivity contribution in [2.75, 3.05) is 13.9 Å². The molecule has 0 radical (unpaired) electrons. The Morgan fingerprint density at radius 1 is 1.32 bits per heavy atom. The molecule has 1 aliphatic heterocycles. The van der Waals surface area contributed by atoms with Gasteiger partial charge < -0.3 is 23.9 Å². The average molecular weight is 301 g/mol. The minimum absolute atomic E-state index is 0.254. The van der Waals surface area contributed by atoms with Crippen LogP contribution in [0.15, 0.2) is 28.9 Å². The van der Waals surface area contributed by atoms with E-state index in [1.54, 1.807) is 13.4 Å². The fourth-order valence-electron chi connectivity index (χ4n) is 3.23. The second kappa shape index (κ2) is 5.57. The van der Waals surface area contributed by atoms with Gasteiger partial charge in [-0.05, 0) is 36.6 Å². The highest BCUT2D eigenvalue weighted by Crippen LogP contribution is 2.42. The summed E-state index contributed by atoms with van der Waals surface area (Å²) in [4.78, 5) is 0. The van der Waals surface area contributed by atoms with Crippen LogP contribution in [-0.2, 0) is 13.0 Å². The molecule has 1 N–H and O–H groups in total. The number of hydrogen-bond donors (Lipinski definition) is 1. The lowest BCUT2D eigenvalue weighted by Crippen LogP contribution is -2.24. The van der Waals surface area contributed by atoms with Crippen LogP contribution in [0, 0.1) is 0 Å². The Balaban J connectivity index is 1.51. The van der Waals surface area contributed by atoms with Gasteiger partial charge in [0.2, 0.25) is 12.5 Å². The van der Waals surface area contributed by atoms with E-state index in [4.69, 9.17) is 18.6 Å². The highest BCUT2D eigenvalue weighted by Gasteiger charge is 2.23. The topological polar surface area (TPSA) is 52.9 Å². The molecule has 0 spiro atoms. The molecule has 2 heterocycles. The highest BCUT2D eigenvalue weighted by molar-refractivity contribution is 5.55. The maximum Gasteiger partial charge on any atom is 0.231 e. The summed E-state index contributed by atoms with van der Waals surface area (Å²) in [6, 6.07) is 6.43. The van der Waals surface area contributed by atoms with E-state index < -0.39 is 0 Å². The minimum atomic E-state index is 0.254. The average Bonchev–Trinajstić information content (AvgIpc) is 3.20. The third-order valence-electron chi connectivity index (χ3n) is 4.32. The lowest BCUT2D eigenvalue weighted by Gasteiger charge is -2.23. The molecule has 116 valence electrons. The van der Waals surface area contributed by atoms with Crippen molar-refractivity contribution in [3.63, 3.8) is 0 Å². The smallest absolute Gasteiger partial charge is 0.231 e. The van der Waals surface area contributed by atoms with Crippen molar-refractivity contribution in [2.45, 2.75) is 31.8 Å². The van der Waals surface area contributed by atoms with Gasteiger partial charge in [-0.1, -0.05) is 0 Å². The first-order valence-corrected chi connectivity index (χ1v) is 7.61. The van der Waals surface area contributed by atoms with Crippen LogP contribution in [0.5, 0.6) is 17.2 Å². The van der Waals surface area contributed by atoms with Gasteiger partial charge in [0.15, 0.2) is 11.5 Å². The third kappa shape index (κ3) is 2.31. The molecule has 1 atom stereocenters. The van der Waals surface area contributed by atoms with Crippen molar-refractivity contribution in [2.24, 2.45) is 0 Å². The zero-order chi connectivity index (χ0) is 14.9. The molecule has 1 unspecified atom stereocenters. The molecule has 22 heavy (non-hydrogen) atoms. The van der Waals surface area contributed by atoms with Gasteiger partial charge in [-0.15, -0.1) is 0 Å². The number of fused-ring (bicyclic) bond motifs is 2. The minimum Gasteiger partial charge on any atom is -0.493 e. The van der Waals surface area contributed by atoms with E-state index >= 15 is 0 Å². The van der Waals surface area contributed by atoms with Crippen LogP contribution in [0.3, 0.4) is 0 Å². The number of hydrogen-bond acceptors (Lipinski definition) is 5. The quantitative estimate of drug-likeness (QED) is 0.940. The molecule has 0 saturated carbocycles. The Morgan fingerprint density at radius 2 is 2.27 bits per heavy atom. The molecule has 0 saturated heterocycles. The van der Waals surface area contributed by atoms with E-state index in [0.29, 0.717) is 11.8 Å². The molecular weight excluding hydrogens is 282 g/mol. The van der Waals surface area contributed by atoms with E-state index in [1.165, 1.54) is 5.56 Å². The zero-order valence-corrected chi connectivity index (χ0v) is 12.6. The summed E-state index contributed by atoms with van der Waals surface area (Å²) in [5, 5.41) is 3.61. The molecule has 1 aromatic heterocycles. The molecule has 0 bridgehead atoms. The van der Waals surface area contributed by atoms with Crippen molar-refractivity contribution in [1.29, 1.82) is 0 Å². The monoisotopic (exact) mass is 301 g/mol. The highest BCUT2D eigenvalue weighted by atomic mass is 16.7. The largest absolute Gasteiger partial charge is 0.493 e. The maximum absolute atomic E-state index is 5.54. The van der Waals surface area contributed by atoms with Crippen LogP contribution < -0.4 is 19.5 Å². The van der Waals surface area contributed by atoms with E-state index in [2.05, 4.69) is 11.4 Å². The molecule has 4 rings (SSSR count). The number of ether oxygens (including phenoxy) is 3. The molecule has 1 aliphatic carbocycles. The van der Waals surface area contributed by atoms with Crippen LogP contribution in [-0.4, -0.2) is 13.9 Å². The van der Waals surface area contributed by atoms with Crippen LogP contribution in [0.1, 0.15) is 35.8 Å². The Bertz CT molecular complexity index is 679. The van der Waals surface area contributed by atoms with Gasteiger partial charge >= 0.3 is 0 Å². The van der Waals surface area contributed by atoms with Crippen LogP contribution in [0.2, 0.25) is 0 Å². The Morgan fingerprint density at radius 3 is 3.18 bits per heavy atom. The Labute approximate surface area is 129 Å². The first kappa shape index (κ1) is 13.5. The van der Waals surface area contributed by atoms with E-state index in [1.807, 2.05) is 12.1 Å². The number of nitrogens with one attached hydrogen (secondary N) is 1. The standard InChI is InChI=1S/C17H19NO4/c1-19-15-7-11(8-16-17(15)22-10-21-16)9-18-13-3-2-4-14-12(13)5-6-20-14/h5-8,13,18H,2-4,9-10H2,1H3. The molecule has 5 heteroatoms. The fourth-order valence-corrected chi connectivity index (χ4v) is 3.23. The van der Waals surface area contributed by atoms with Crippen LogP contribution in [0.4, 0.5) is 0 Å². The van der Waals surface area contributed by atoms with Crippen molar-refractivity contribution >= 4 is 0 Å². The first-order valence-electron chi connectivity index (χ1n) is 7.61. The van der Waals surface area contributed by atoms with Gasteiger partial charge in [0.25, 0.3) is 0 Å². The number of rotatable bonds is 4. The van der Waals surface area contributed by atoms with Gasteiger partial charge in [0.05, 0.1) is 13.4 Å². The van der Waals surface area contributed by atoms with Crippen LogP contribution >= 0.6 is 0 Å². The summed E-state index contributed by atoms with van der Waals surface area (Å²) < 4.78 is 21.8. The molecule has 0 fully saturated rings. The second-order valence-electron chi connectivity index (χ2n) is 5.66. The van der Waals surface area contributed by atoms with E-state index in [9.17, 15) is 0 Å². The normalized spacial score (nSPS) is 19.0. The van der Waals surface area contributed by atoms with Gasteiger partial charge in [-0.25, -0.2) is 0 Å². The summed E-state index contributed by atoms with van der Waals surface area (Å²) in [6.07, 6.45) is 5.11. The first-order chi connectivity index (χ1) is 10.8. The summed E-state index contributed by atoms with van der Waals surface area (Å²) in [5.74, 6) is 3.29. The predicted molar refractivity (Wildman–Crippen MR) is 80.3 cm³/mol. The summed E-state index contributed by atoms with van der Waals surface area (Å²) >= 11 is 0. The molecule has 2 aromatic rings. The Hall–Kier alpha value is -2.14. The van der Waals surface area contributed by atoms with Crippen molar-refractivity contribution < 1.29 is 18.6 Å². The Kier molecular flexibility index (Phi) is 3.42. The lowest BCUT2D eigenvalue weighted by atomic mass is 9.93. The third-order valence-corrected chi connectivity index (χ3v) is 4.32. The molecule has 5 nitrogen and oxygen atoms in total. The molecule has 0 amide bonds. The summed E-state index contributed by atoms with van der Waals surface area (Å²) in [5.41, 5.74) is 2.41. The zero-order valence-electron chi connectivity index (χ0n) is 12.6. The number of benzene rings is 1. The van der Waals surface area contributed by atoms with Gasteiger partial charge in [-0.2, -0.15) is 0 Å². The number of methoxy groups -OCH3 is 1. The van der Waals surface area contributed by atoms with Gasteiger partial charge in [-0.3, -0.25) is 0 Å². The predicted octanol–water partition coefficient (Wildman–Crippen LogP) is 3.18. The van der Waals surface area contributed by atoms with Gasteiger partial charge in [0.1, 0.15) is 5.76 Å².